The van der Waals surface area contributed by atoms with E-state index in [1.54, 1.807) is 33.7 Å². The van der Waals surface area contributed by atoms with Crippen molar-refractivity contribution >= 4 is 33.5 Å². The van der Waals surface area contributed by atoms with Gasteiger partial charge in [0.1, 0.15) is 6.61 Å². The molecule has 1 unspecified atom stereocenters. The van der Waals surface area contributed by atoms with Crippen molar-refractivity contribution in [3.05, 3.63) is 71.2 Å². The molecular weight excluding hydrogens is 434 g/mol. The third-order valence-electron chi connectivity index (χ3n) is 6.43. The number of rotatable bonds is 4. The Kier molecular flexibility index (Phi) is 4.55. The number of aromatic nitrogens is 2. The fraction of sp³-hybridized carbons (Fsp3) is 0.192. The Labute approximate surface area is 195 Å². The molecule has 2 aliphatic heterocycles. The fourth-order valence-electron chi connectivity index (χ4n) is 5.03. The van der Waals surface area contributed by atoms with E-state index in [0.717, 1.165) is 44.3 Å². The lowest BCUT2D eigenvalue weighted by Gasteiger charge is -2.30. The first-order chi connectivity index (χ1) is 16.7. The first-order valence-corrected chi connectivity index (χ1v) is 10.8. The predicted octanol–water partition coefficient (Wildman–Crippen LogP) is 4.18. The van der Waals surface area contributed by atoms with E-state index in [1.807, 2.05) is 36.4 Å². The number of carbonyl (C=O) groups excluding carboxylic acids is 1. The number of fused-ring (bicyclic) bond motifs is 6. The molecule has 2 aromatic heterocycles. The number of esters is 1. The summed E-state index contributed by atoms with van der Waals surface area (Å²) >= 11 is 0. The van der Waals surface area contributed by atoms with Gasteiger partial charge in [-0.05, 0) is 41.5 Å². The summed E-state index contributed by atoms with van der Waals surface area (Å²) in [5, 5.41) is 5.31. The van der Waals surface area contributed by atoms with Crippen LogP contribution in [0.4, 0.5) is 5.69 Å². The van der Waals surface area contributed by atoms with Crippen molar-refractivity contribution in [2.75, 3.05) is 33.3 Å². The van der Waals surface area contributed by atoms with E-state index in [-0.39, 0.29) is 12.6 Å². The summed E-state index contributed by atoms with van der Waals surface area (Å²) in [5.41, 5.74) is 5.50. The molecule has 0 aliphatic carbocycles. The lowest BCUT2D eigenvalue weighted by Crippen LogP contribution is -2.21. The topological polar surface area (TPSA) is 91.8 Å². The number of hydrogen-bond donors (Lipinski definition) is 1. The molecular formula is C26H21N3O5. The Bertz CT molecular complexity index is 1500. The molecule has 8 heteroatoms. The van der Waals surface area contributed by atoms with Gasteiger partial charge < -0.3 is 24.3 Å². The number of methoxy groups -OCH3 is 3. The molecule has 0 bridgehead atoms. The molecule has 8 nitrogen and oxygen atoms in total. The third-order valence-corrected chi connectivity index (χ3v) is 6.43. The van der Waals surface area contributed by atoms with Crippen molar-refractivity contribution in [1.29, 1.82) is 0 Å². The van der Waals surface area contributed by atoms with Gasteiger partial charge in [-0.1, -0.05) is 6.07 Å². The predicted molar refractivity (Wildman–Crippen MR) is 127 cm³/mol. The number of cyclic esters (lactones) is 1. The third kappa shape index (κ3) is 2.75. The molecule has 0 amide bonds. The molecule has 1 atom stereocenters. The number of nitrogens with one attached hydrogen (secondary N) is 1. The minimum absolute atomic E-state index is 0.182. The zero-order chi connectivity index (χ0) is 23.4. The summed E-state index contributed by atoms with van der Waals surface area (Å²) in [4.78, 5) is 22.3. The van der Waals surface area contributed by atoms with Crippen LogP contribution in [-0.4, -0.2) is 43.9 Å². The average molecular weight is 455 g/mol. The number of ether oxygens (including phenoxy) is 4. The molecule has 4 heterocycles. The van der Waals surface area contributed by atoms with E-state index in [4.69, 9.17) is 18.9 Å². The second-order valence-corrected chi connectivity index (χ2v) is 8.07. The quantitative estimate of drug-likeness (QED) is 0.362. The first-order valence-electron chi connectivity index (χ1n) is 10.8. The molecule has 6 rings (SSSR count). The molecule has 4 aromatic rings. The summed E-state index contributed by atoms with van der Waals surface area (Å²) in [6.07, 6.45) is 3.51. The minimum Gasteiger partial charge on any atom is -0.493 e. The first kappa shape index (κ1) is 20.3. The summed E-state index contributed by atoms with van der Waals surface area (Å²) in [7, 11) is 4.71. The molecule has 0 spiro atoms. The van der Waals surface area contributed by atoms with Crippen LogP contribution in [0.25, 0.3) is 21.8 Å². The zero-order valence-corrected chi connectivity index (χ0v) is 18.8. The molecule has 2 aliphatic rings. The van der Waals surface area contributed by atoms with Crippen molar-refractivity contribution in [2.24, 2.45) is 0 Å². The molecule has 0 saturated carbocycles. The van der Waals surface area contributed by atoms with E-state index in [1.165, 1.54) is 0 Å². The second kappa shape index (κ2) is 7.62. The van der Waals surface area contributed by atoms with Crippen LogP contribution in [0, 0.1) is 0 Å². The highest BCUT2D eigenvalue weighted by atomic mass is 16.5. The number of benzene rings is 2. The summed E-state index contributed by atoms with van der Waals surface area (Å²) in [6.45, 7) is 0.182. The van der Waals surface area contributed by atoms with E-state index in [0.29, 0.717) is 22.8 Å². The molecule has 1 N–H and O–H groups in total. The zero-order valence-electron chi connectivity index (χ0n) is 18.8. The smallest absolute Gasteiger partial charge is 0.337 e. The van der Waals surface area contributed by atoms with Crippen molar-refractivity contribution in [2.45, 2.75) is 5.92 Å². The number of anilines is 1. The van der Waals surface area contributed by atoms with Crippen LogP contribution in [0.3, 0.4) is 0 Å². The van der Waals surface area contributed by atoms with E-state index >= 15 is 0 Å². The van der Waals surface area contributed by atoms with Gasteiger partial charge >= 0.3 is 5.97 Å². The largest absolute Gasteiger partial charge is 0.493 e. The summed E-state index contributed by atoms with van der Waals surface area (Å²) in [5.74, 6) is 0.715. The van der Waals surface area contributed by atoms with Gasteiger partial charge in [0.05, 0.1) is 49.3 Å². The molecule has 0 fully saturated rings. The monoisotopic (exact) mass is 455 g/mol. The van der Waals surface area contributed by atoms with Crippen LogP contribution in [0.15, 0.2) is 60.1 Å². The van der Waals surface area contributed by atoms with Crippen molar-refractivity contribution in [3.63, 3.8) is 0 Å². The van der Waals surface area contributed by atoms with E-state index in [9.17, 15) is 4.79 Å². The van der Waals surface area contributed by atoms with Crippen molar-refractivity contribution < 1.29 is 23.7 Å². The van der Waals surface area contributed by atoms with Crippen LogP contribution >= 0.6 is 0 Å². The van der Waals surface area contributed by atoms with Gasteiger partial charge in [-0.2, -0.15) is 0 Å². The maximum Gasteiger partial charge on any atom is 0.337 e. The number of pyridine rings is 2. The lowest BCUT2D eigenvalue weighted by atomic mass is 9.78. The summed E-state index contributed by atoms with van der Waals surface area (Å²) in [6, 6.07) is 11.6. The highest BCUT2D eigenvalue weighted by molar-refractivity contribution is 6.14. The molecule has 170 valence electrons. The Morgan fingerprint density at radius 2 is 1.59 bits per heavy atom. The van der Waals surface area contributed by atoms with E-state index in [2.05, 4.69) is 15.3 Å². The van der Waals surface area contributed by atoms with Gasteiger partial charge in [0.2, 0.25) is 5.75 Å². The Hall–Kier alpha value is -4.33. The highest BCUT2D eigenvalue weighted by Gasteiger charge is 2.41. The van der Waals surface area contributed by atoms with Gasteiger partial charge in [-0.25, -0.2) is 4.79 Å². The maximum atomic E-state index is 13.0. The van der Waals surface area contributed by atoms with Crippen molar-refractivity contribution in [3.8, 4) is 17.2 Å². The molecule has 0 saturated heterocycles. The Balaban J connectivity index is 1.74. The van der Waals surface area contributed by atoms with Crippen LogP contribution < -0.4 is 19.5 Å². The van der Waals surface area contributed by atoms with Crippen LogP contribution in [0.1, 0.15) is 17.0 Å². The molecule has 0 radical (unpaired) electrons. The second-order valence-electron chi connectivity index (χ2n) is 8.07. The minimum atomic E-state index is -0.439. The summed E-state index contributed by atoms with van der Waals surface area (Å²) < 4.78 is 22.2. The average Bonchev–Trinajstić information content (AvgIpc) is 3.26. The van der Waals surface area contributed by atoms with Gasteiger partial charge in [-0.3, -0.25) is 9.97 Å². The SMILES string of the molecule is COc1cc(C2C3=C(COC3=O)Nc3c2c2cccnc2c2ncccc32)cc(OC)c1OC. The van der Waals surface area contributed by atoms with Crippen LogP contribution in [-0.2, 0) is 9.53 Å². The van der Waals surface area contributed by atoms with Crippen LogP contribution in [0.2, 0.25) is 0 Å². The number of hydrogen-bond acceptors (Lipinski definition) is 8. The standard InChI is InChI=1S/C26H21N3O5/c1-31-17-10-13(11-18(32-2)25(17)33-3)19-20-14-6-4-8-27-23(14)24-15(7-5-9-28-24)22(20)29-16-12-34-26(30)21(16)19/h4-11,19,29H,12H2,1-3H3. The van der Waals surface area contributed by atoms with Gasteiger partial charge in [0.25, 0.3) is 0 Å². The van der Waals surface area contributed by atoms with Crippen LogP contribution in [0.5, 0.6) is 17.2 Å². The lowest BCUT2D eigenvalue weighted by molar-refractivity contribution is -0.136. The van der Waals surface area contributed by atoms with Gasteiger partial charge in [0.15, 0.2) is 11.5 Å². The molecule has 34 heavy (non-hydrogen) atoms. The Morgan fingerprint density at radius 3 is 2.24 bits per heavy atom. The molecule has 2 aromatic carbocycles. The number of nitrogens with zero attached hydrogens (tertiary/aromatic N) is 2. The Morgan fingerprint density at radius 1 is 0.941 bits per heavy atom. The number of carbonyl (C=O) groups is 1. The fourth-order valence-corrected chi connectivity index (χ4v) is 5.03. The maximum absolute atomic E-state index is 13.0. The van der Waals surface area contributed by atoms with Crippen molar-refractivity contribution in [1.82, 2.24) is 9.97 Å². The van der Waals surface area contributed by atoms with Gasteiger partial charge in [-0.15, -0.1) is 0 Å². The normalized spacial score (nSPS) is 16.7. The van der Waals surface area contributed by atoms with Gasteiger partial charge in [0, 0.05) is 29.1 Å². The van der Waals surface area contributed by atoms with E-state index < -0.39 is 5.92 Å². The highest BCUT2D eigenvalue weighted by Crippen LogP contribution is 2.52.